The molecule has 2 fully saturated rings. The van der Waals surface area contributed by atoms with Crippen LogP contribution >= 0.6 is 0 Å². The van der Waals surface area contributed by atoms with Crippen molar-refractivity contribution in [3.8, 4) is 5.75 Å². The first-order chi connectivity index (χ1) is 15.3. The van der Waals surface area contributed by atoms with Crippen LogP contribution in [0.15, 0.2) is 29.2 Å². The van der Waals surface area contributed by atoms with Gasteiger partial charge in [0.1, 0.15) is 23.4 Å². The summed E-state index contributed by atoms with van der Waals surface area (Å²) in [4.78, 5) is 42.4. The van der Waals surface area contributed by atoms with Crippen LogP contribution in [0.25, 0.3) is 0 Å². The molecule has 0 saturated carbocycles. The van der Waals surface area contributed by atoms with Crippen molar-refractivity contribution in [3.63, 3.8) is 0 Å². The second kappa shape index (κ2) is 7.70. The number of aromatic hydroxyl groups is 1. The molecule has 0 spiro atoms. The predicted octanol–water partition coefficient (Wildman–Crippen LogP) is 1.41. The number of carbonyl (C=O) groups excluding carboxylic acids is 2. The lowest BCUT2D eigenvalue weighted by Crippen LogP contribution is -2.51. The highest BCUT2D eigenvalue weighted by Crippen LogP contribution is 2.34. The highest BCUT2D eigenvalue weighted by Gasteiger charge is 2.47. The van der Waals surface area contributed by atoms with Crippen molar-refractivity contribution in [1.29, 1.82) is 0 Å². The van der Waals surface area contributed by atoms with E-state index in [2.05, 4.69) is 10.2 Å². The molecule has 2 amide bonds. The van der Waals surface area contributed by atoms with E-state index in [0.29, 0.717) is 19.2 Å². The zero-order valence-electron chi connectivity index (χ0n) is 17.2. The Morgan fingerprint density at radius 2 is 2.00 bits per heavy atom. The van der Waals surface area contributed by atoms with Crippen molar-refractivity contribution < 1.29 is 23.5 Å². The number of nitrogens with zero attached hydrogens (tertiary/aromatic N) is 3. The van der Waals surface area contributed by atoms with E-state index in [1.807, 2.05) is 0 Å². The molecule has 2 atom stereocenters. The maximum absolute atomic E-state index is 13.8. The number of pyridine rings is 1. The van der Waals surface area contributed by atoms with Crippen LogP contribution in [0, 0.1) is 11.6 Å². The Morgan fingerprint density at radius 3 is 2.78 bits per heavy atom. The third-order valence-corrected chi connectivity index (χ3v) is 6.60. The van der Waals surface area contributed by atoms with Crippen LogP contribution in [0.4, 0.5) is 8.78 Å². The summed E-state index contributed by atoms with van der Waals surface area (Å²) in [6, 6.07) is 3.23. The number of nitrogens with one attached hydrogen (secondary N) is 1. The molecule has 2 aromatic rings. The lowest BCUT2D eigenvalue weighted by molar-refractivity contribution is 0.0451. The Balaban J connectivity index is 1.43. The summed E-state index contributed by atoms with van der Waals surface area (Å²) in [7, 11) is 0. The van der Waals surface area contributed by atoms with Gasteiger partial charge in [0.05, 0.1) is 6.54 Å². The van der Waals surface area contributed by atoms with Crippen molar-refractivity contribution >= 4 is 11.8 Å². The van der Waals surface area contributed by atoms with Gasteiger partial charge in [0.15, 0.2) is 11.4 Å². The van der Waals surface area contributed by atoms with Crippen molar-refractivity contribution in [3.05, 3.63) is 63.1 Å². The first kappa shape index (κ1) is 20.6. The Bertz CT molecular complexity index is 1180. The molecule has 3 aliphatic rings. The van der Waals surface area contributed by atoms with Crippen molar-refractivity contribution in [2.24, 2.45) is 0 Å². The molecule has 8 nitrogen and oxygen atoms in total. The fourth-order valence-electron chi connectivity index (χ4n) is 4.99. The van der Waals surface area contributed by atoms with E-state index in [-0.39, 0.29) is 35.6 Å². The minimum absolute atomic E-state index is 0.0509. The third kappa shape index (κ3) is 3.26. The maximum atomic E-state index is 13.8. The number of aromatic nitrogens is 1. The minimum atomic E-state index is -0.961. The van der Waals surface area contributed by atoms with Gasteiger partial charge in [-0.2, -0.15) is 0 Å². The summed E-state index contributed by atoms with van der Waals surface area (Å²) in [6.45, 7) is 1.50. The van der Waals surface area contributed by atoms with Gasteiger partial charge in [-0.1, -0.05) is 12.5 Å². The Kier molecular flexibility index (Phi) is 4.96. The van der Waals surface area contributed by atoms with Crippen molar-refractivity contribution in [2.45, 2.75) is 44.6 Å². The topological polar surface area (TPSA) is 94.9 Å². The second-order valence-electron chi connectivity index (χ2n) is 8.47. The van der Waals surface area contributed by atoms with Gasteiger partial charge in [-0.15, -0.1) is 0 Å². The molecule has 10 heteroatoms. The first-order valence-electron chi connectivity index (χ1n) is 10.6. The van der Waals surface area contributed by atoms with Crippen LogP contribution in [0.1, 0.15) is 45.7 Å². The van der Waals surface area contributed by atoms with Gasteiger partial charge < -0.3 is 19.9 Å². The van der Waals surface area contributed by atoms with Crippen LogP contribution in [0.3, 0.4) is 0 Å². The van der Waals surface area contributed by atoms with Gasteiger partial charge in [-0.3, -0.25) is 19.3 Å². The van der Waals surface area contributed by atoms with Gasteiger partial charge in [0.25, 0.3) is 11.8 Å². The largest absolute Gasteiger partial charge is 0.503 e. The molecule has 0 bridgehead atoms. The van der Waals surface area contributed by atoms with E-state index in [9.17, 15) is 28.3 Å². The summed E-state index contributed by atoms with van der Waals surface area (Å²) in [5.41, 5.74) is -1.37. The van der Waals surface area contributed by atoms with Crippen LogP contribution in [0.5, 0.6) is 5.75 Å². The number of amides is 2. The van der Waals surface area contributed by atoms with Crippen LogP contribution in [0.2, 0.25) is 0 Å². The summed E-state index contributed by atoms with van der Waals surface area (Å²) < 4.78 is 28.4. The average Bonchev–Trinajstić information content (AvgIpc) is 3.14. The molecule has 1 aromatic carbocycles. The maximum Gasteiger partial charge on any atom is 0.275 e. The fraction of sp³-hybridized carbons (Fsp3) is 0.409. The number of piperidine rings is 1. The van der Waals surface area contributed by atoms with E-state index in [1.54, 1.807) is 4.90 Å². The highest BCUT2D eigenvalue weighted by molar-refractivity contribution is 5.99. The van der Waals surface area contributed by atoms with E-state index in [4.69, 9.17) is 0 Å². The van der Waals surface area contributed by atoms with E-state index in [0.717, 1.165) is 31.9 Å². The van der Waals surface area contributed by atoms with Crippen molar-refractivity contribution in [1.82, 2.24) is 19.7 Å². The van der Waals surface area contributed by atoms with E-state index < -0.39 is 34.6 Å². The van der Waals surface area contributed by atoms with Gasteiger partial charge in [0, 0.05) is 43.5 Å². The molecule has 1 aromatic heterocycles. The SMILES string of the molecule is O=C(NCc1ccc(F)cc1F)c1cn2c(c(O)c1=O)C(=O)N1C[C@H]3CCCCN3C1C2. The minimum Gasteiger partial charge on any atom is -0.503 e. The van der Waals surface area contributed by atoms with E-state index in [1.165, 1.54) is 16.8 Å². The van der Waals surface area contributed by atoms with Crippen molar-refractivity contribution in [2.75, 3.05) is 13.1 Å². The van der Waals surface area contributed by atoms with Crippen LogP contribution < -0.4 is 10.7 Å². The Hall–Kier alpha value is -3.27. The zero-order chi connectivity index (χ0) is 22.6. The molecule has 2 saturated heterocycles. The Morgan fingerprint density at radius 1 is 1.19 bits per heavy atom. The average molecular weight is 444 g/mol. The molecule has 5 rings (SSSR count). The molecule has 3 aliphatic heterocycles. The summed E-state index contributed by atoms with van der Waals surface area (Å²) in [5.74, 6) is -3.57. The molecular formula is C22H22F2N4O4. The molecule has 0 radical (unpaired) electrons. The molecule has 168 valence electrons. The summed E-state index contributed by atoms with van der Waals surface area (Å²) in [6.07, 6.45) is 4.23. The number of hydrogen-bond donors (Lipinski definition) is 2. The normalized spacial score (nSPS) is 22.3. The monoisotopic (exact) mass is 444 g/mol. The Labute approximate surface area is 182 Å². The van der Waals surface area contributed by atoms with Crippen LogP contribution in [-0.2, 0) is 13.1 Å². The standard InChI is InChI=1S/C22H22F2N4O4/c23-13-5-4-12(16(24)7-13)8-25-21(31)15-10-26-11-17-27-6-2-1-3-14(27)9-28(17)22(32)18(26)20(30)19(15)29/h4-5,7,10,14,17,30H,1-3,6,8-9,11H2,(H,25,31)/t14-,17?/m1/s1. The quantitative estimate of drug-likeness (QED) is 0.747. The van der Waals surface area contributed by atoms with Gasteiger partial charge >= 0.3 is 0 Å². The number of hydrogen-bond acceptors (Lipinski definition) is 5. The van der Waals surface area contributed by atoms with Gasteiger partial charge in [-0.25, -0.2) is 8.78 Å². The van der Waals surface area contributed by atoms with Gasteiger partial charge in [-0.05, 0) is 18.9 Å². The fourth-order valence-corrected chi connectivity index (χ4v) is 4.99. The first-order valence-corrected chi connectivity index (χ1v) is 10.6. The lowest BCUT2D eigenvalue weighted by atomic mass is 10.0. The number of carbonyl (C=O) groups is 2. The van der Waals surface area contributed by atoms with E-state index >= 15 is 0 Å². The number of halogens is 2. The number of benzene rings is 1. The second-order valence-corrected chi connectivity index (χ2v) is 8.47. The predicted molar refractivity (Wildman–Crippen MR) is 109 cm³/mol. The summed E-state index contributed by atoms with van der Waals surface area (Å²) in [5, 5.41) is 12.9. The zero-order valence-corrected chi connectivity index (χ0v) is 17.2. The highest BCUT2D eigenvalue weighted by atomic mass is 19.1. The molecule has 1 unspecified atom stereocenters. The lowest BCUT2D eigenvalue weighted by Gasteiger charge is -2.38. The molecule has 2 N–H and O–H groups in total. The molecule has 32 heavy (non-hydrogen) atoms. The number of fused-ring (bicyclic) bond motifs is 4. The molecular weight excluding hydrogens is 422 g/mol. The summed E-state index contributed by atoms with van der Waals surface area (Å²) >= 11 is 0. The smallest absolute Gasteiger partial charge is 0.275 e. The number of rotatable bonds is 3. The van der Waals surface area contributed by atoms with Crippen LogP contribution in [-0.4, -0.2) is 56.6 Å². The third-order valence-electron chi connectivity index (χ3n) is 6.60. The molecule has 0 aliphatic carbocycles. The molecule has 4 heterocycles. The van der Waals surface area contributed by atoms with Gasteiger partial charge in [0.2, 0.25) is 5.43 Å².